The second kappa shape index (κ2) is 4.12. The van der Waals surface area contributed by atoms with Crippen LogP contribution in [0.4, 0.5) is 0 Å². The van der Waals surface area contributed by atoms with E-state index in [1.807, 2.05) is 0 Å². The molecule has 0 saturated carbocycles. The first-order valence-electron chi connectivity index (χ1n) is 0.812. The van der Waals surface area contributed by atoms with Gasteiger partial charge in [0.25, 0.3) is 0 Å². The van der Waals surface area contributed by atoms with Crippen LogP contribution in [-0.4, -0.2) is 10.2 Å². The second-order valence-electron chi connectivity index (χ2n) is 0.357. The van der Waals surface area contributed by atoms with Crippen LogP contribution in [0, 0.1) is 10.1 Å². The molecule has 6 nitrogen and oxygen atoms in total. The molecule has 0 radical (unpaired) electrons. The van der Waals surface area contributed by atoms with Gasteiger partial charge in [-0.25, -0.2) is 15.3 Å². The predicted molar refractivity (Wildman–Crippen MR) is 16.9 cm³/mol. The van der Waals surface area contributed by atoms with Crippen molar-refractivity contribution in [2.75, 3.05) is 0 Å². The second-order valence-corrected chi connectivity index (χ2v) is 0.357. The Morgan fingerprint density at radius 1 is 1.83 bits per heavy atom. The Hall–Kier alpha value is -0.880. The molecule has 6 heteroatoms. The van der Waals surface area contributed by atoms with Gasteiger partial charge in [-0.15, -0.1) is 0 Å². The van der Waals surface area contributed by atoms with Gasteiger partial charge >= 0.3 is 0 Å². The van der Waals surface area contributed by atoms with Crippen molar-refractivity contribution in [3.05, 3.63) is 10.1 Å². The summed E-state index contributed by atoms with van der Waals surface area (Å²) in [6.45, 7) is 0. The van der Waals surface area contributed by atoms with Gasteiger partial charge in [-0.05, 0) is 5.59 Å². The molecule has 0 bridgehead atoms. The molecule has 0 atom stereocenters. The van der Waals surface area contributed by atoms with Gasteiger partial charge < -0.3 is 6.15 Å². The van der Waals surface area contributed by atoms with Crippen molar-refractivity contribution in [2.45, 2.75) is 0 Å². The molecule has 0 aromatic heterocycles. The number of nitrogens with one attached hydrogen (secondary N) is 1. The van der Waals surface area contributed by atoms with E-state index in [2.05, 4.69) is 0 Å². The molecule has 0 aliphatic heterocycles. The fourth-order valence-corrected chi connectivity index (χ4v) is 0. The monoisotopic (exact) mass is 95.0 g/mol. The largest absolute Gasteiger partial charge is 0.344 e. The molecule has 0 fully saturated rings. The van der Waals surface area contributed by atoms with Crippen molar-refractivity contribution < 1.29 is 10.2 Å². The number of nitrogens with zero attached hydrogens (tertiary/aromatic N) is 1. The molecular formula is H5N3O3. The van der Waals surface area contributed by atoms with Crippen LogP contribution in [0.5, 0.6) is 0 Å². The SMILES string of the molecule is N.O=[N+]([O-])NO. The Morgan fingerprint density at radius 2 is 2.00 bits per heavy atom. The number of hydrogen-bond donors (Lipinski definition) is 3. The van der Waals surface area contributed by atoms with Crippen LogP contribution in [0.2, 0.25) is 0 Å². The van der Waals surface area contributed by atoms with E-state index in [4.69, 9.17) is 15.3 Å². The van der Waals surface area contributed by atoms with E-state index < -0.39 is 5.03 Å². The molecular weight excluding hydrogens is 90.0 g/mol. The molecule has 0 saturated heterocycles. The smallest absolute Gasteiger partial charge is 0.184 e. The van der Waals surface area contributed by atoms with Crippen molar-refractivity contribution >= 4 is 0 Å². The van der Waals surface area contributed by atoms with Gasteiger partial charge in [0.1, 0.15) is 0 Å². The van der Waals surface area contributed by atoms with Crippen LogP contribution in [0.3, 0.4) is 0 Å². The Morgan fingerprint density at radius 3 is 2.00 bits per heavy atom. The first kappa shape index (κ1) is 8.93. The lowest BCUT2D eigenvalue weighted by Gasteiger charge is -1.74. The van der Waals surface area contributed by atoms with Crippen LogP contribution in [0.25, 0.3) is 0 Å². The minimum Gasteiger partial charge on any atom is -0.344 e. The molecule has 0 spiro atoms. The van der Waals surface area contributed by atoms with Crippen LogP contribution in [0.15, 0.2) is 0 Å². The zero-order valence-corrected chi connectivity index (χ0v) is 2.92. The molecule has 0 aliphatic rings. The standard InChI is InChI=1S/H2N2O3.H3N/c3-1-2(4)5;/h1,3H;1H3. The number of rotatable bonds is 1. The maximum absolute atomic E-state index is 8.81. The fourth-order valence-electron chi connectivity index (χ4n) is 0. The highest BCUT2D eigenvalue weighted by Gasteiger charge is 1.75. The van der Waals surface area contributed by atoms with Gasteiger partial charge in [0.05, 0.1) is 0 Å². The molecule has 6 heavy (non-hydrogen) atoms. The van der Waals surface area contributed by atoms with Crippen molar-refractivity contribution in [3.63, 3.8) is 0 Å². The van der Waals surface area contributed by atoms with Crippen LogP contribution >= 0.6 is 0 Å². The van der Waals surface area contributed by atoms with Crippen molar-refractivity contribution in [3.8, 4) is 0 Å². The maximum Gasteiger partial charge on any atom is 0.184 e. The lowest BCUT2D eigenvalue weighted by Crippen LogP contribution is -2.14. The van der Waals surface area contributed by atoms with Crippen LogP contribution in [0.1, 0.15) is 0 Å². The summed E-state index contributed by atoms with van der Waals surface area (Å²) < 4.78 is 0. The summed E-state index contributed by atoms with van der Waals surface area (Å²) in [5, 5.41) is 14.9. The van der Waals surface area contributed by atoms with E-state index in [1.54, 1.807) is 0 Å². The van der Waals surface area contributed by atoms with Crippen molar-refractivity contribution in [1.82, 2.24) is 11.7 Å². The normalized spacial score (nSPS) is 5.50. The third-order valence-corrected chi connectivity index (χ3v) is 0.0816. The molecule has 38 valence electrons. The zero-order chi connectivity index (χ0) is 4.28. The minimum absolute atomic E-state index is 0. The summed E-state index contributed by atoms with van der Waals surface area (Å²) >= 11 is 0. The van der Waals surface area contributed by atoms with Crippen LogP contribution in [-0.2, 0) is 0 Å². The Bertz CT molecular complexity index is 41.3. The van der Waals surface area contributed by atoms with E-state index in [1.165, 1.54) is 0 Å². The highest BCUT2D eigenvalue weighted by atomic mass is 16.7. The third kappa shape index (κ3) is 11.2. The van der Waals surface area contributed by atoms with E-state index >= 15 is 0 Å². The number of hydrazine groups is 1. The van der Waals surface area contributed by atoms with E-state index in [-0.39, 0.29) is 6.15 Å². The van der Waals surface area contributed by atoms with Gasteiger partial charge in [-0.3, -0.25) is 0 Å². The topological polar surface area (TPSA) is 110 Å². The van der Waals surface area contributed by atoms with E-state index in [0.717, 1.165) is 5.59 Å². The van der Waals surface area contributed by atoms with Crippen molar-refractivity contribution in [2.24, 2.45) is 0 Å². The predicted octanol–water partition coefficient (Wildman–Crippen LogP) is -0.681. The Labute approximate surface area is 33.4 Å². The third-order valence-electron chi connectivity index (χ3n) is 0.0816. The van der Waals surface area contributed by atoms with Gasteiger partial charge in [-0.1, -0.05) is 0 Å². The Balaban J connectivity index is 0. The molecule has 0 heterocycles. The van der Waals surface area contributed by atoms with Crippen LogP contribution < -0.4 is 11.7 Å². The summed E-state index contributed by atoms with van der Waals surface area (Å²) in [7, 11) is 0. The molecule has 0 unspecified atom stereocenters. The summed E-state index contributed by atoms with van der Waals surface area (Å²) in [6, 6.07) is 0. The molecule has 0 amide bonds. The fraction of sp³-hybridized carbons (Fsp3) is 0. The molecule has 0 rings (SSSR count). The van der Waals surface area contributed by atoms with Crippen molar-refractivity contribution in [1.29, 1.82) is 0 Å². The average molecular weight is 95.1 g/mol. The summed E-state index contributed by atoms with van der Waals surface area (Å²) in [6.07, 6.45) is 0. The lowest BCUT2D eigenvalue weighted by molar-refractivity contribution is -0.600. The summed E-state index contributed by atoms with van der Waals surface area (Å²) in [5.41, 5.74) is 0.750. The zero-order valence-electron chi connectivity index (χ0n) is 2.92. The van der Waals surface area contributed by atoms with Gasteiger partial charge in [0, 0.05) is 0 Å². The van der Waals surface area contributed by atoms with Gasteiger partial charge in [0.2, 0.25) is 0 Å². The first-order valence-corrected chi connectivity index (χ1v) is 0.812. The molecule has 0 aliphatic carbocycles. The Kier molecular flexibility index (Phi) is 6.13. The average Bonchev–Trinajstić information content (AvgIpc) is 1.38. The highest BCUT2D eigenvalue weighted by Crippen LogP contribution is 1.41. The van der Waals surface area contributed by atoms with Gasteiger partial charge in [0.15, 0.2) is 5.03 Å². The van der Waals surface area contributed by atoms with E-state index in [0.29, 0.717) is 0 Å². The van der Waals surface area contributed by atoms with E-state index in [9.17, 15) is 0 Å². The highest BCUT2D eigenvalue weighted by molar-refractivity contribution is 3.89. The quantitative estimate of drug-likeness (QED) is 0.295. The molecule has 0 aromatic carbocycles. The first-order chi connectivity index (χ1) is 2.27. The van der Waals surface area contributed by atoms with Gasteiger partial charge in [-0.2, -0.15) is 0 Å². The lowest BCUT2D eigenvalue weighted by atomic mass is 12.6. The summed E-state index contributed by atoms with van der Waals surface area (Å²) in [4.78, 5) is 8.81. The molecule has 0 aromatic rings. The number of hydrogen-bond acceptors (Lipinski definition) is 4. The molecule has 5 N–H and O–H groups in total. The minimum atomic E-state index is -1.07. The summed E-state index contributed by atoms with van der Waals surface area (Å²) in [5.74, 6) is 0. The number of nitro groups is 1. The maximum atomic E-state index is 8.81.